The van der Waals surface area contributed by atoms with E-state index < -0.39 is 22.0 Å². The van der Waals surface area contributed by atoms with Crippen LogP contribution in [0.25, 0.3) is 0 Å². The molecule has 0 radical (unpaired) electrons. The standard InChI is InChI=1S/C8H15NO4S/c1-3-6-4-7(8(10)11)9(5-6)14(2,12)13/h6-7H,3-5H2,1-2H3,(H,10,11). The van der Waals surface area contributed by atoms with E-state index in [2.05, 4.69) is 0 Å². The molecule has 1 fully saturated rings. The first-order valence-corrected chi connectivity index (χ1v) is 6.40. The van der Waals surface area contributed by atoms with Crippen LogP contribution in [-0.2, 0) is 14.8 Å². The van der Waals surface area contributed by atoms with Gasteiger partial charge in [-0.15, -0.1) is 0 Å². The predicted octanol–water partition coefficient (Wildman–Crippen LogP) is 0.131. The molecule has 1 saturated heterocycles. The maximum absolute atomic E-state index is 11.3. The molecule has 0 aromatic carbocycles. The van der Waals surface area contributed by atoms with Crippen LogP contribution in [0.5, 0.6) is 0 Å². The van der Waals surface area contributed by atoms with Gasteiger partial charge in [0.2, 0.25) is 10.0 Å². The third kappa shape index (κ3) is 2.24. The Balaban J connectivity index is 2.88. The monoisotopic (exact) mass is 221 g/mol. The lowest BCUT2D eigenvalue weighted by molar-refractivity contribution is -0.140. The highest BCUT2D eigenvalue weighted by Crippen LogP contribution is 2.27. The maximum Gasteiger partial charge on any atom is 0.322 e. The van der Waals surface area contributed by atoms with Gasteiger partial charge < -0.3 is 5.11 Å². The molecule has 0 bridgehead atoms. The van der Waals surface area contributed by atoms with Crippen LogP contribution in [0.3, 0.4) is 0 Å². The molecule has 14 heavy (non-hydrogen) atoms. The van der Waals surface area contributed by atoms with Crippen LogP contribution in [0.15, 0.2) is 0 Å². The van der Waals surface area contributed by atoms with Crippen molar-refractivity contribution in [2.75, 3.05) is 12.8 Å². The Labute approximate surface area is 83.8 Å². The molecule has 0 saturated carbocycles. The number of hydrogen-bond donors (Lipinski definition) is 1. The molecular formula is C8H15NO4S. The van der Waals surface area contributed by atoms with Crippen molar-refractivity contribution < 1.29 is 18.3 Å². The molecule has 1 heterocycles. The molecule has 82 valence electrons. The minimum Gasteiger partial charge on any atom is -0.480 e. The molecule has 1 rings (SSSR count). The Bertz CT molecular complexity index is 324. The largest absolute Gasteiger partial charge is 0.480 e. The van der Waals surface area contributed by atoms with Crippen LogP contribution in [0.4, 0.5) is 0 Å². The number of nitrogens with zero attached hydrogens (tertiary/aromatic N) is 1. The molecule has 6 heteroatoms. The van der Waals surface area contributed by atoms with E-state index in [1.54, 1.807) is 0 Å². The van der Waals surface area contributed by atoms with Crippen LogP contribution < -0.4 is 0 Å². The Morgan fingerprint density at radius 3 is 2.43 bits per heavy atom. The molecule has 1 aliphatic rings. The zero-order valence-electron chi connectivity index (χ0n) is 8.30. The smallest absolute Gasteiger partial charge is 0.322 e. The fraction of sp³-hybridized carbons (Fsp3) is 0.875. The normalized spacial score (nSPS) is 29.3. The van der Waals surface area contributed by atoms with Gasteiger partial charge in [-0.25, -0.2) is 8.42 Å². The summed E-state index contributed by atoms with van der Waals surface area (Å²) in [4.78, 5) is 10.8. The van der Waals surface area contributed by atoms with E-state index >= 15 is 0 Å². The number of carboxylic acid groups (broad SMARTS) is 1. The van der Waals surface area contributed by atoms with Crippen molar-refractivity contribution in [2.24, 2.45) is 5.92 Å². The molecule has 1 N–H and O–H groups in total. The Kier molecular flexibility index (Phi) is 3.16. The van der Waals surface area contributed by atoms with Crippen LogP contribution in [-0.4, -0.2) is 42.6 Å². The van der Waals surface area contributed by atoms with Gasteiger partial charge in [0.25, 0.3) is 0 Å². The highest BCUT2D eigenvalue weighted by atomic mass is 32.2. The molecule has 2 atom stereocenters. The van der Waals surface area contributed by atoms with Crippen LogP contribution in [0, 0.1) is 5.92 Å². The van der Waals surface area contributed by atoms with Crippen molar-refractivity contribution >= 4 is 16.0 Å². The minimum absolute atomic E-state index is 0.172. The molecule has 0 aromatic rings. The highest BCUT2D eigenvalue weighted by molar-refractivity contribution is 7.88. The van der Waals surface area contributed by atoms with Gasteiger partial charge in [0.1, 0.15) is 6.04 Å². The Hall–Kier alpha value is -0.620. The lowest BCUT2D eigenvalue weighted by atomic mass is 10.0. The van der Waals surface area contributed by atoms with Gasteiger partial charge in [-0.05, 0) is 12.3 Å². The van der Waals surface area contributed by atoms with Crippen LogP contribution in [0.2, 0.25) is 0 Å². The second kappa shape index (κ2) is 3.86. The van der Waals surface area contributed by atoms with Gasteiger partial charge in [-0.1, -0.05) is 13.3 Å². The number of carbonyl (C=O) groups is 1. The number of aliphatic carboxylic acids is 1. The van der Waals surface area contributed by atoms with Crippen molar-refractivity contribution in [2.45, 2.75) is 25.8 Å². The molecule has 1 aliphatic heterocycles. The van der Waals surface area contributed by atoms with E-state index in [-0.39, 0.29) is 5.92 Å². The van der Waals surface area contributed by atoms with E-state index in [4.69, 9.17) is 5.11 Å². The average Bonchev–Trinajstić information content (AvgIpc) is 2.46. The fourth-order valence-corrected chi connectivity index (χ4v) is 2.90. The minimum atomic E-state index is -3.39. The summed E-state index contributed by atoms with van der Waals surface area (Å²) in [5.74, 6) is -0.878. The lowest BCUT2D eigenvalue weighted by Crippen LogP contribution is -2.39. The van der Waals surface area contributed by atoms with E-state index in [0.29, 0.717) is 13.0 Å². The maximum atomic E-state index is 11.3. The summed E-state index contributed by atoms with van der Waals surface area (Å²) in [7, 11) is -3.39. The second-order valence-electron chi connectivity index (χ2n) is 3.70. The van der Waals surface area contributed by atoms with E-state index in [9.17, 15) is 13.2 Å². The van der Waals surface area contributed by atoms with Gasteiger partial charge in [0.15, 0.2) is 0 Å². The molecule has 5 nitrogen and oxygen atoms in total. The summed E-state index contributed by atoms with van der Waals surface area (Å²) in [5, 5.41) is 8.85. The van der Waals surface area contributed by atoms with Crippen molar-refractivity contribution in [1.82, 2.24) is 4.31 Å². The second-order valence-corrected chi connectivity index (χ2v) is 5.63. The Morgan fingerprint density at radius 1 is 1.57 bits per heavy atom. The lowest BCUT2D eigenvalue weighted by Gasteiger charge is -2.17. The third-order valence-electron chi connectivity index (χ3n) is 2.63. The predicted molar refractivity (Wildman–Crippen MR) is 51.4 cm³/mol. The van der Waals surface area contributed by atoms with E-state index in [1.807, 2.05) is 6.92 Å². The zero-order chi connectivity index (χ0) is 10.9. The molecule has 0 spiro atoms. The van der Waals surface area contributed by atoms with Crippen molar-refractivity contribution in [3.05, 3.63) is 0 Å². The van der Waals surface area contributed by atoms with E-state index in [0.717, 1.165) is 17.0 Å². The topological polar surface area (TPSA) is 74.7 Å². The molecular weight excluding hydrogens is 206 g/mol. The first-order chi connectivity index (χ1) is 6.36. The van der Waals surface area contributed by atoms with Crippen molar-refractivity contribution in [3.8, 4) is 0 Å². The SMILES string of the molecule is CCC1CC(C(=O)O)N(S(C)(=O)=O)C1. The third-order valence-corrected chi connectivity index (χ3v) is 3.89. The summed E-state index contributed by atoms with van der Waals surface area (Å²) >= 11 is 0. The highest BCUT2D eigenvalue weighted by Gasteiger charge is 2.40. The first-order valence-electron chi connectivity index (χ1n) is 4.56. The summed E-state index contributed by atoms with van der Waals surface area (Å²) in [6.45, 7) is 2.28. The molecule has 0 aromatic heterocycles. The summed E-state index contributed by atoms with van der Waals surface area (Å²) in [5.41, 5.74) is 0. The number of carboxylic acids is 1. The molecule has 0 aliphatic carbocycles. The van der Waals surface area contributed by atoms with Crippen molar-refractivity contribution in [3.63, 3.8) is 0 Å². The number of hydrogen-bond acceptors (Lipinski definition) is 3. The quantitative estimate of drug-likeness (QED) is 0.735. The van der Waals surface area contributed by atoms with E-state index in [1.165, 1.54) is 0 Å². The summed E-state index contributed by atoms with van der Waals surface area (Å²) in [6, 6.07) is -0.866. The van der Waals surface area contributed by atoms with Gasteiger partial charge in [-0.2, -0.15) is 4.31 Å². The van der Waals surface area contributed by atoms with Gasteiger partial charge >= 0.3 is 5.97 Å². The summed E-state index contributed by atoms with van der Waals surface area (Å²) < 4.78 is 23.6. The number of sulfonamides is 1. The van der Waals surface area contributed by atoms with Gasteiger partial charge in [0, 0.05) is 6.54 Å². The molecule has 0 amide bonds. The number of rotatable bonds is 3. The average molecular weight is 221 g/mol. The van der Waals surface area contributed by atoms with Crippen LogP contribution in [0.1, 0.15) is 19.8 Å². The van der Waals surface area contributed by atoms with Gasteiger partial charge in [0.05, 0.1) is 6.26 Å². The van der Waals surface area contributed by atoms with Crippen LogP contribution >= 0.6 is 0 Å². The zero-order valence-corrected chi connectivity index (χ0v) is 9.12. The fourth-order valence-electron chi connectivity index (χ4n) is 1.78. The van der Waals surface area contributed by atoms with Crippen molar-refractivity contribution in [1.29, 1.82) is 0 Å². The molecule has 2 unspecified atom stereocenters. The van der Waals surface area contributed by atoms with Gasteiger partial charge in [-0.3, -0.25) is 4.79 Å². The first kappa shape index (κ1) is 11.5. The summed E-state index contributed by atoms with van der Waals surface area (Å²) in [6.07, 6.45) is 2.30. The Morgan fingerprint density at radius 2 is 2.14 bits per heavy atom.